The molecular formula is C12H14O. The Hall–Kier alpha value is -1.24. The SMILES string of the molecule is C=CCCc1cccc2c1OCC2. The van der Waals surface area contributed by atoms with Gasteiger partial charge >= 0.3 is 0 Å². The first kappa shape index (κ1) is 8.36. The van der Waals surface area contributed by atoms with E-state index in [-0.39, 0.29) is 0 Å². The lowest BCUT2D eigenvalue weighted by Crippen LogP contribution is -1.91. The molecule has 0 N–H and O–H groups in total. The molecule has 0 aromatic heterocycles. The van der Waals surface area contributed by atoms with E-state index in [1.807, 2.05) is 6.08 Å². The Kier molecular flexibility index (Phi) is 2.35. The Morgan fingerprint density at radius 1 is 1.46 bits per heavy atom. The zero-order chi connectivity index (χ0) is 9.10. The number of benzene rings is 1. The van der Waals surface area contributed by atoms with E-state index in [0.717, 1.165) is 31.6 Å². The number of hydrogen-bond donors (Lipinski definition) is 0. The predicted octanol–water partition coefficient (Wildman–Crippen LogP) is 2.74. The Morgan fingerprint density at radius 2 is 2.38 bits per heavy atom. The summed E-state index contributed by atoms with van der Waals surface area (Å²) in [5.74, 6) is 1.13. The lowest BCUT2D eigenvalue weighted by atomic mass is 10.0. The van der Waals surface area contributed by atoms with Gasteiger partial charge < -0.3 is 4.74 Å². The second-order valence-corrected chi connectivity index (χ2v) is 3.33. The maximum atomic E-state index is 5.59. The summed E-state index contributed by atoms with van der Waals surface area (Å²) in [5.41, 5.74) is 2.69. The molecule has 0 aliphatic carbocycles. The van der Waals surface area contributed by atoms with Crippen LogP contribution in [-0.4, -0.2) is 6.61 Å². The molecule has 0 saturated heterocycles. The van der Waals surface area contributed by atoms with Crippen molar-refractivity contribution in [3.05, 3.63) is 42.0 Å². The van der Waals surface area contributed by atoms with Crippen molar-refractivity contribution < 1.29 is 4.74 Å². The molecule has 0 saturated carbocycles. The molecule has 0 fully saturated rings. The summed E-state index contributed by atoms with van der Waals surface area (Å²) >= 11 is 0. The number of aryl methyl sites for hydroxylation is 1. The van der Waals surface area contributed by atoms with Gasteiger partial charge in [-0.2, -0.15) is 0 Å². The molecule has 1 aromatic carbocycles. The molecule has 0 spiro atoms. The summed E-state index contributed by atoms with van der Waals surface area (Å²) < 4.78 is 5.59. The fourth-order valence-electron chi connectivity index (χ4n) is 1.74. The van der Waals surface area contributed by atoms with E-state index in [0.29, 0.717) is 0 Å². The lowest BCUT2D eigenvalue weighted by molar-refractivity contribution is 0.353. The Morgan fingerprint density at radius 3 is 3.23 bits per heavy atom. The van der Waals surface area contributed by atoms with Gasteiger partial charge in [-0.05, 0) is 24.0 Å². The highest BCUT2D eigenvalue weighted by molar-refractivity contribution is 5.44. The van der Waals surface area contributed by atoms with Gasteiger partial charge in [0.25, 0.3) is 0 Å². The van der Waals surface area contributed by atoms with Crippen molar-refractivity contribution in [1.29, 1.82) is 0 Å². The number of para-hydroxylation sites is 1. The van der Waals surface area contributed by atoms with Crippen LogP contribution in [0.4, 0.5) is 0 Å². The molecule has 0 unspecified atom stereocenters. The molecule has 1 aliphatic heterocycles. The van der Waals surface area contributed by atoms with Crippen LogP contribution in [0, 0.1) is 0 Å². The molecule has 1 aromatic rings. The maximum absolute atomic E-state index is 5.59. The fourth-order valence-corrected chi connectivity index (χ4v) is 1.74. The normalized spacial score (nSPS) is 13.5. The van der Waals surface area contributed by atoms with E-state index in [4.69, 9.17) is 4.74 Å². The van der Waals surface area contributed by atoms with Crippen LogP contribution in [0.25, 0.3) is 0 Å². The minimum atomic E-state index is 0.848. The summed E-state index contributed by atoms with van der Waals surface area (Å²) in [6.45, 7) is 4.58. The summed E-state index contributed by atoms with van der Waals surface area (Å²) in [6, 6.07) is 6.42. The van der Waals surface area contributed by atoms with Crippen molar-refractivity contribution in [3.63, 3.8) is 0 Å². The third kappa shape index (κ3) is 1.59. The number of allylic oxidation sites excluding steroid dienone is 1. The molecular weight excluding hydrogens is 160 g/mol. The molecule has 0 bridgehead atoms. The van der Waals surface area contributed by atoms with Crippen LogP contribution in [0.2, 0.25) is 0 Å². The van der Waals surface area contributed by atoms with Gasteiger partial charge in [0.1, 0.15) is 5.75 Å². The molecule has 2 rings (SSSR count). The monoisotopic (exact) mass is 174 g/mol. The first-order valence-corrected chi connectivity index (χ1v) is 4.76. The van der Waals surface area contributed by atoms with E-state index in [1.165, 1.54) is 11.1 Å². The van der Waals surface area contributed by atoms with Crippen LogP contribution in [0.1, 0.15) is 17.5 Å². The van der Waals surface area contributed by atoms with Crippen LogP contribution in [0.5, 0.6) is 5.75 Å². The van der Waals surface area contributed by atoms with Crippen molar-refractivity contribution in [2.45, 2.75) is 19.3 Å². The van der Waals surface area contributed by atoms with E-state index in [2.05, 4.69) is 24.8 Å². The molecule has 0 radical (unpaired) electrons. The molecule has 0 atom stereocenters. The summed E-state index contributed by atoms with van der Waals surface area (Å²) in [5, 5.41) is 0. The summed E-state index contributed by atoms with van der Waals surface area (Å²) in [7, 11) is 0. The largest absolute Gasteiger partial charge is 0.493 e. The van der Waals surface area contributed by atoms with E-state index < -0.39 is 0 Å². The standard InChI is InChI=1S/C12H14O/c1-2-3-5-10-6-4-7-11-8-9-13-12(10)11/h2,4,6-7H,1,3,5,8-9H2. The molecule has 1 nitrogen and oxygen atoms in total. The smallest absolute Gasteiger partial charge is 0.125 e. The van der Waals surface area contributed by atoms with Crippen molar-refractivity contribution in [2.24, 2.45) is 0 Å². The van der Waals surface area contributed by atoms with Gasteiger partial charge in [-0.1, -0.05) is 24.3 Å². The zero-order valence-electron chi connectivity index (χ0n) is 7.75. The highest BCUT2D eigenvalue weighted by Gasteiger charge is 2.14. The van der Waals surface area contributed by atoms with Gasteiger partial charge in [0.15, 0.2) is 0 Å². The average molecular weight is 174 g/mol. The summed E-state index contributed by atoms with van der Waals surface area (Å²) in [4.78, 5) is 0. The zero-order valence-corrected chi connectivity index (χ0v) is 7.75. The quantitative estimate of drug-likeness (QED) is 0.640. The minimum absolute atomic E-state index is 0.848. The highest BCUT2D eigenvalue weighted by Crippen LogP contribution is 2.30. The number of ether oxygens (including phenoxy) is 1. The van der Waals surface area contributed by atoms with Crippen molar-refractivity contribution in [2.75, 3.05) is 6.61 Å². The highest BCUT2D eigenvalue weighted by atomic mass is 16.5. The van der Waals surface area contributed by atoms with Gasteiger partial charge in [0.05, 0.1) is 6.61 Å². The van der Waals surface area contributed by atoms with Crippen LogP contribution < -0.4 is 4.74 Å². The van der Waals surface area contributed by atoms with Gasteiger partial charge in [-0.15, -0.1) is 6.58 Å². The maximum Gasteiger partial charge on any atom is 0.125 e. The Labute approximate surface area is 79.0 Å². The fraction of sp³-hybridized carbons (Fsp3) is 0.333. The van der Waals surface area contributed by atoms with Crippen LogP contribution in [0.15, 0.2) is 30.9 Å². The van der Waals surface area contributed by atoms with Crippen LogP contribution in [-0.2, 0) is 12.8 Å². The summed E-state index contributed by atoms with van der Waals surface area (Å²) in [6.07, 6.45) is 5.10. The van der Waals surface area contributed by atoms with Crippen molar-refractivity contribution in [1.82, 2.24) is 0 Å². The topological polar surface area (TPSA) is 9.23 Å². The van der Waals surface area contributed by atoms with Gasteiger partial charge in [-0.3, -0.25) is 0 Å². The number of hydrogen-bond acceptors (Lipinski definition) is 1. The molecule has 1 heterocycles. The average Bonchev–Trinajstić information content (AvgIpc) is 2.62. The lowest BCUT2D eigenvalue weighted by Gasteiger charge is -2.05. The Bertz CT molecular complexity index is 315. The third-order valence-electron chi connectivity index (χ3n) is 2.41. The predicted molar refractivity (Wildman–Crippen MR) is 54.2 cm³/mol. The first-order valence-electron chi connectivity index (χ1n) is 4.76. The molecule has 0 amide bonds. The van der Waals surface area contributed by atoms with Crippen molar-refractivity contribution in [3.8, 4) is 5.75 Å². The van der Waals surface area contributed by atoms with Gasteiger partial charge in [0, 0.05) is 6.42 Å². The molecule has 68 valence electrons. The molecule has 1 heteroatoms. The second kappa shape index (κ2) is 3.65. The van der Waals surface area contributed by atoms with Crippen molar-refractivity contribution >= 4 is 0 Å². The van der Waals surface area contributed by atoms with E-state index >= 15 is 0 Å². The van der Waals surface area contributed by atoms with Crippen LogP contribution in [0.3, 0.4) is 0 Å². The Balaban J connectivity index is 2.25. The minimum Gasteiger partial charge on any atom is -0.493 e. The van der Waals surface area contributed by atoms with Gasteiger partial charge in [-0.25, -0.2) is 0 Å². The second-order valence-electron chi connectivity index (χ2n) is 3.33. The number of fused-ring (bicyclic) bond motifs is 1. The first-order chi connectivity index (χ1) is 6.42. The van der Waals surface area contributed by atoms with Crippen LogP contribution >= 0.6 is 0 Å². The third-order valence-corrected chi connectivity index (χ3v) is 2.41. The van der Waals surface area contributed by atoms with E-state index in [1.54, 1.807) is 0 Å². The van der Waals surface area contributed by atoms with E-state index in [9.17, 15) is 0 Å². The molecule has 1 aliphatic rings. The van der Waals surface area contributed by atoms with Gasteiger partial charge in [0.2, 0.25) is 0 Å². The molecule has 13 heavy (non-hydrogen) atoms. The number of rotatable bonds is 3.